The summed E-state index contributed by atoms with van der Waals surface area (Å²) in [5.41, 5.74) is 6.75. The van der Waals surface area contributed by atoms with Gasteiger partial charge < -0.3 is 5.43 Å². The van der Waals surface area contributed by atoms with Crippen LogP contribution in [-0.4, -0.2) is 4.68 Å². The summed E-state index contributed by atoms with van der Waals surface area (Å²) in [6.07, 6.45) is 0. The fraction of sp³-hybridized carbons (Fsp3) is 0.231. The third-order valence-electron chi connectivity index (χ3n) is 2.63. The van der Waals surface area contributed by atoms with E-state index in [0.29, 0.717) is 16.6 Å². The maximum Gasteiger partial charge on any atom is 0.0565 e. The molecular formula is C13H14Cl2N2. The largest absolute Gasteiger partial charge is 0.322 e. The highest BCUT2D eigenvalue weighted by Crippen LogP contribution is 2.19. The van der Waals surface area contributed by atoms with E-state index in [4.69, 9.17) is 23.2 Å². The fourth-order valence-corrected chi connectivity index (χ4v) is 2.37. The van der Waals surface area contributed by atoms with Gasteiger partial charge in [-0.05, 0) is 49.7 Å². The van der Waals surface area contributed by atoms with Crippen LogP contribution in [0.5, 0.6) is 0 Å². The zero-order chi connectivity index (χ0) is 12.4. The molecular weight excluding hydrogens is 255 g/mol. The Balaban J connectivity index is 2.12. The van der Waals surface area contributed by atoms with Crippen molar-refractivity contribution >= 4 is 23.2 Å². The topological polar surface area (TPSA) is 17.0 Å². The first-order chi connectivity index (χ1) is 8.06. The van der Waals surface area contributed by atoms with Crippen LogP contribution >= 0.6 is 23.2 Å². The summed E-state index contributed by atoms with van der Waals surface area (Å²) in [4.78, 5) is 0. The van der Waals surface area contributed by atoms with Gasteiger partial charge in [-0.2, -0.15) is 0 Å². The second kappa shape index (κ2) is 5.03. The van der Waals surface area contributed by atoms with Gasteiger partial charge in [0.05, 0.1) is 6.54 Å². The van der Waals surface area contributed by atoms with Crippen LogP contribution in [0.3, 0.4) is 0 Å². The Morgan fingerprint density at radius 2 is 1.53 bits per heavy atom. The van der Waals surface area contributed by atoms with E-state index in [9.17, 15) is 0 Å². The summed E-state index contributed by atoms with van der Waals surface area (Å²) in [6, 6.07) is 9.71. The maximum absolute atomic E-state index is 5.95. The number of nitrogens with one attached hydrogen (secondary N) is 1. The van der Waals surface area contributed by atoms with Crippen LogP contribution in [0.15, 0.2) is 30.3 Å². The first-order valence-electron chi connectivity index (χ1n) is 5.40. The zero-order valence-corrected chi connectivity index (χ0v) is 11.3. The molecule has 90 valence electrons. The van der Waals surface area contributed by atoms with Gasteiger partial charge in [0.2, 0.25) is 0 Å². The first-order valence-corrected chi connectivity index (χ1v) is 6.15. The van der Waals surface area contributed by atoms with Crippen molar-refractivity contribution in [2.45, 2.75) is 20.4 Å². The molecule has 0 aliphatic rings. The minimum Gasteiger partial charge on any atom is -0.322 e. The Hall–Kier alpha value is -1.12. The molecule has 0 amide bonds. The molecule has 1 aromatic heterocycles. The van der Waals surface area contributed by atoms with Crippen LogP contribution in [0.25, 0.3) is 0 Å². The Bertz CT molecular complexity index is 492. The lowest BCUT2D eigenvalue weighted by atomic mass is 10.2. The van der Waals surface area contributed by atoms with Gasteiger partial charge in [0.15, 0.2) is 0 Å². The van der Waals surface area contributed by atoms with Gasteiger partial charge in [0.1, 0.15) is 0 Å². The number of hydrogen-bond acceptors (Lipinski definition) is 1. The Morgan fingerprint density at radius 1 is 1.00 bits per heavy atom. The molecule has 2 rings (SSSR count). The van der Waals surface area contributed by atoms with E-state index >= 15 is 0 Å². The second-order valence-corrected chi connectivity index (χ2v) is 4.94. The van der Waals surface area contributed by atoms with Gasteiger partial charge >= 0.3 is 0 Å². The van der Waals surface area contributed by atoms with Crippen molar-refractivity contribution in [3.63, 3.8) is 0 Å². The molecule has 0 saturated carbocycles. The molecule has 0 radical (unpaired) electrons. The van der Waals surface area contributed by atoms with Gasteiger partial charge in [-0.15, -0.1) is 0 Å². The van der Waals surface area contributed by atoms with Crippen molar-refractivity contribution in [3.05, 3.63) is 57.3 Å². The van der Waals surface area contributed by atoms with Gasteiger partial charge in [-0.3, -0.25) is 4.68 Å². The van der Waals surface area contributed by atoms with Crippen LogP contribution in [-0.2, 0) is 6.54 Å². The second-order valence-electron chi connectivity index (χ2n) is 4.06. The minimum atomic E-state index is 0.662. The molecule has 1 N–H and O–H groups in total. The van der Waals surface area contributed by atoms with E-state index in [1.807, 2.05) is 12.1 Å². The Labute approximate surface area is 111 Å². The summed E-state index contributed by atoms with van der Waals surface area (Å²) in [5.74, 6) is 0. The average molecular weight is 269 g/mol. The molecule has 4 heteroatoms. The molecule has 2 aromatic rings. The lowest BCUT2D eigenvalue weighted by molar-refractivity contribution is 0.792. The molecule has 17 heavy (non-hydrogen) atoms. The summed E-state index contributed by atoms with van der Waals surface area (Å²) in [6.45, 7) is 4.81. The third kappa shape index (κ3) is 2.96. The van der Waals surface area contributed by atoms with Gasteiger partial charge in [-0.25, -0.2) is 0 Å². The first kappa shape index (κ1) is 12.3. The summed E-state index contributed by atoms with van der Waals surface area (Å²) in [5, 5.41) is 1.32. The number of benzene rings is 1. The highest BCUT2D eigenvalue weighted by atomic mass is 35.5. The lowest BCUT2D eigenvalue weighted by Gasteiger charge is -2.13. The van der Waals surface area contributed by atoms with Gasteiger partial charge in [0, 0.05) is 21.4 Å². The predicted octanol–water partition coefficient (Wildman–Crippen LogP) is 4.16. The number of aromatic nitrogens is 1. The van der Waals surface area contributed by atoms with E-state index in [2.05, 4.69) is 36.1 Å². The van der Waals surface area contributed by atoms with Crippen molar-refractivity contribution in [2.24, 2.45) is 0 Å². The molecule has 0 spiro atoms. The predicted molar refractivity (Wildman–Crippen MR) is 73.4 cm³/mol. The normalized spacial score (nSPS) is 10.6. The van der Waals surface area contributed by atoms with Crippen LogP contribution in [0.2, 0.25) is 10.0 Å². The molecule has 0 bridgehead atoms. The van der Waals surface area contributed by atoms with E-state index in [1.165, 1.54) is 11.4 Å². The Kier molecular flexibility index (Phi) is 3.65. The lowest BCUT2D eigenvalue weighted by Crippen LogP contribution is -2.16. The van der Waals surface area contributed by atoms with E-state index < -0.39 is 0 Å². The molecule has 1 aromatic carbocycles. The number of nitrogens with zero attached hydrogens (tertiary/aromatic N) is 1. The molecule has 0 atom stereocenters. The molecule has 0 fully saturated rings. The van der Waals surface area contributed by atoms with E-state index in [1.54, 1.807) is 6.07 Å². The summed E-state index contributed by atoms with van der Waals surface area (Å²) < 4.78 is 2.05. The smallest absolute Gasteiger partial charge is 0.0565 e. The summed E-state index contributed by atoms with van der Waals surface area (Å²) in [7, 11) is 0. The van der Waals surface area contributed by atoms with Crippen LogP contribution in [0, 0.1) is 13.8 Å². The third-order valence-corrected chi connectivity index (χ3v) is 3.07. The highest BCUT2D eigenvalue weighted by molar-refractivity contribution is 6.34. The molecule has 2 nitrogen and oxygen atoms in total. The van der Waals surface area contributed by atoms with Gasteiger partial charge in [0.25, 0.3) is 0 Å². The van der Waals surface area contributed by atoms with Crippen molar-refractivity contribution in [2.75, 3.05) is 5.43 Å². The molecule has 0 aliphatic heterocycles. The van der Waals surface area contributed by atoms with E-state index in [0.717, 1.165) is 5.56 Å². The summed E-state index contributed by atoms with van der Waals surface area (Å²) >= 11 is 11.9. The quantitative estimate of drug-likeness (QED) is 0.885. The number of halogens is 2. The monoisotopic (exact) mass is 268 g/mol. The molecule has 1 heterocycles. The van der Waals surface area contributed by atoms with Crippen molar-refractivity contribution < 1.29 is 0 Å². The SMILES string of the molecule is Cc1ccc(C)n1NCc1cc(Cl)cc(Cl)c1. The minimum absolute atomic E-state index is 0.662. The molecule has 0 aliphatic carbocycles. The Morgan fingerprint density at radius 3 is 2.06 bits per heavy atom. The van der Waals surface area contributed by atoms with Crippen molar-refractivity contribution in [1.82, 2.24) is 4.68 Å². The zero-order valence-electron chi connectivity index (χ0n) is 9.80. The maximum atomic E-state index is 5.95. The molecule has 0 saturated heterocycles. The van der Waals surface area contributed by atoms with Crippen LogP contribution in [0.1, 0.15) is 17.0 Å². The van der Waals surface area contributed by atoms with Crippen LogP contribution in [0.4, 0.5) is 0 Å². The number of rotatable bonds is 3. The number of aryl methyl sites for hydroxylation is 2. The highest BCUT2D eigenvalue weighted by Gasteiger charge is 2.01. The van der Waals surface area contributed by atoms with Gasteiger partial charge in [-0.1, -0.05) is 23.2 Å². The molecule has 0 unspecified atom stereocenters. The fourth-order valence-electron chi connectivity index (χ4n) is 1.80. The standard InChI is InChI=1S/C13H14Cl2N2/c1-9-3-4-10(2)17(9)16-8-11-5-12(14)7-13(15)6-11/h3-7,16H,8H2,1-2H3. The van der Waals surface area contributed by atoms with Crippen molar-refractivity contribution in [1.29, 1.82) is 0 Å². The van der Waals surface area contributed by atoms with Crippen molar-refractivity contribution in [3.8, 4) is 0 Å². The number of hydrogen-bond donors (Lipinski definition) is 1. The van der Waals surface area contributed by atoms with E-state index in [-0.39, 0.29) is 0 Å². The van der Waals surface area contributed by atoms with Crippen LogP contribution < -0.4 is 5.43 Å². The average Bonchev–Trinajstić information content (AvgIpc) is 2.55.